The third-order valence-corrected chi connectivity index (χ3v) is 10.3. The number of fused-ring (bicyclic) bond motifs is 3. The fourth-order valence-electron chi connectivity index (χ4n) is 6.76. The number of carbonyl (C=O) groups excluding carboxylic acids is 3. The second-order valence-electron chi connectivity index (χ2n) is 13.1. The van der Waals surface area contributed by atoms with E-state index in [2.05, 4.69) is 15.5 Å². The van der Waals surface area contributed by atoms with E-state index in [4.69, 9.17) is 42.1 Å². The van der Waals surface area contributed by atoms with Gasteiger partial charge in [-0.25, -0.2) is 9.18 Å². The number of nitrogens with zero attached hydrogens (tertiary/aromatic N) is 2. The number of ether oxygens (including phenoxy) is 4. The maximum absolute atomic E-state index is 13.8. The molecule has 3 fully saturated rings. The lowest BCUT2D eigenvalue weighted by molar-refractivity contribution is -0.605. The first-order chi connectivity index (χ1) is 26.0. The van der Waals surface area contributed by atoms with Crippen molar-refractivity contribution < 1.29 is 42.5 Å². The Morgan fingerprint density at radius 2 is 1.63 bits per heavy atom. The van der Waals surface area contributed by atoms with Crippen LogP contribution in [0.2, 0.25) is 10.0 Å². The van der Waals surface area contributed by atoms with E-state index in [9.17, 15) is 24.0 Å². The van der Waals surface area contributed by atoms with Crippen molar-refractivity contribution >= 4 is 46.7 Å². The molecule has 1 aromatic heterocycles. The lowest BCUT2D eigenvalue weighted by Crippen LogP contribution is -2.52. The summed E-state index contributed by atoms with van der Waals surface area (Å²) in [5.74, 6) is -1.18. The minimum atomic E-state index is -0.978. The van der Waals surface area contributed by atoms with Crippen molar-refractivity contribution in [2.45, 2.75) is 37.5 Å². The van der Waals surface area contributed by atoms with Crippen LogP contribution in [-0.2, 0) is 25.5 Å². The summed E-state index contributed by atoms with van der Waals surface area (Å²) in [4.78, 5) is 42.4. The summed E-state index contributed by atoms with van der Waals surface area (Å²) >= 11 is 12.7. The zero-order valence-corrected chi connectivity index (χ0v) is 31.1. The smallest absolute Gasteiger partial charge is 0.333 e. The molecule has 2 N–H and O–H groups in total. The number of hydrogen-bond donors (Lipinski definition) is 2. The number of nitrogens with one attached hydrogen (secondary N) is 2. The standard InChI is InChI=1S/C39H39Cl2FN4O8/c1-51-32-11-8-25(17-34(32)52-2)33(18-29-30(40)20-46(50)21-31(29)41)53-36(47)19-43-38(48)26-4-3-5-28(16-26)44-37(24-6-9-27(42)10-7-24)39(49)54-35-22-45-14-12-23(35)13-15-45/h3-11,16-17,20-21,23,33,35,37,44H,12-15,18-19,22H2,1-2H3,(H,43,48)/t33?,35-,37?/m0/s1. The number of rotatable bonds is 14. The Labute approximate surface area is 321 Å². The van der Waals surface area contributed by atoms with E-state index in [1.165, 1.54) is 44.6 Å². The molecule has 4 heterocycles. The van der Waals surface area contributed by atoms with Crippen LogP contribution in [0.15, 0.2) is 79.1 Å². The third kappa shape index (κ3) is 9.33. The number of aromatic nitrogens is 1. The van der Waals surface area contributed by atoms with Crippen LogP contribution in [0.25, 0.3) is 0 Å². The highest BCUT2D eigenvalue weighted by atomic mass is 35.5. The van der Waals surface area contributed by atoms with Gasteiger partial charge in [-0.05, 0) is 85.4 Å². The third-order valence-electron chi connectivity index (χ3n) is 9.63. The van der Waals surface area contributed by atoms with Crippen LogP contribution in [0.3, 0.4) is 0 Å². The van der Waals surface area contributed by atoms with Crippen LogP contribution < -0.4 is 24.8 Å². The molecule has 1 amide bonds. The average molecular weight is 782 g/mol. The largest absolute Gasteiger partial charge is 0.619 e. The Kier molecular flexibility index (Phi) is 12.4. The van der Waals surface area contributed by atoms with Gasteiger partial charge in [0.05, 0.1) is 14.2 Å². The first-order valence-electron chi connectivity index (χ1n) is 17.3. The number of benzene rings is 3. The van der Waals surface area contributed by atoms with Crippen LogP contribution in [0.1, 0.15) is 52.0 Å². The minimum Gasteiger partial charge on any atom is -0.619 e. The predicted molar refractivity (Wildman–Crippen MR) is 198 cm³/mol. The fraction of sp³-hybridized carbons (Fsp3) is 0.333. The number of methoxy groups -OCH3 is 2. The Bertz CT molecular complexity index is 1970. The quantitative estimate of drug-likeness (QED) is 0.0912. The molecule has 0 saturated carbocycles. The minimum absolute atomic E-state index is 0.00128. The van der Waals surface area contributed by atoms with Gasteiger partial charge in [0, 0.05) is 29.8 Å². The summed E-state index contributed by atoms with van der Waals surface area (Å²) in [5, 5.41) is 17.7. The molecule has 54 heavy (non-hydrogen) atoms. The summed E-state index contributed by atoms with van der Waals surface area (Å²) < 4.78 is 36.9. The van der Waals surface area contributed by atoms with E-state index in [1.807, 2.05) is 0 Å². The van der Waals surface area contributed by atoms with Gasteiger partial charge in [-0.3, -0.25) is 14.5 Å². The van der Waals surface area contributed by atoms with E-state index >= 15 is 0 Å². The summed E-state index contributed by atoms with van der Waals surface area (Å²) in [6.07, 6.45) is 3.02. The second kappa shape index (κ2) is 17.4. The van der Waals surface area contributed by atoms with Crippen molar-refractivity contribution in [2.24, 2.45) is 5.92 Å². The van der Waals surface area contributed by atoms with Gasteiger partial charge in [0.25, 0.3) is 5.91 Å². The highest BCUT2D eigenvalue weighted by Crippen LogP contribution is 2.35. The highest BCUT2D eigenvalue weighted by molar-refractivity contribution is 6.35. The number of hydrogen-bond acceptors (Lipinski definition) is 10. The Morgan fingerprint density at radius 1 is 0.944 bits per heavy atom. The van der Waals surface area contributed by atoms with Crippen molar-refractivity contribution in [1.82, 2.24) is 10.2 Å². The van der Waals surface area contributed by atoms with Gasteiger partial charge < -0.3 is 34.8 Å². The maximum atomic E-state index is 13.8. The van der Waals surface area contributed by atoms with E-state index in [1.54, 1.807) is 36.4 Å². The zero-order chi connectivity index (χ0) is 38.4. The molecule has 3 aromatic carbocycles. The van der Waals surface area contributed by atoms with Crippen LogP contribution >= 0.6 is 23.2 Å². The van der Waals surface area contributed by atoms with E-state index < -0.39 is 42.4 Å². The van der Waals surface area contributed by atoms with Gasteiger partial charge in [0.2, 0.25) is 0 Å². The van der Waals surface area contributed by atoms with Gasteiger partial charge in [-0.2, -0.15) is 4.73 Å². The Hall–Kier alpha value is -5.11. The lowest BCUT2D eigenvalue weighted by atomic mass is 9.86. The first kappa shape index (κ1) is 38.6. The number of piperidine rings is 3. The molecule has 0 aliphatic carbocycles. The van der Waals surface area contributed by atoms with Crippen LogP contribution in [0.4, 0.5) is 10.1 Å². The Morgan fingerprint density at radius 3 is 2.28 bits per heavy atom. The molecule has 2 unspecified atom stereocenters. The van der Waals surface area contributed by atoms with Gasteiger partial charge in [0.15, 0.2) is 29.9 Å². The molecule has 12 nitrogen and oxygen atoms in total. The lowest BCUT2D eigenvalue weighted by Gasteiger charge is -2.44. The Balaban J connectivity index is 1.14. The molecule has 4 aromatic rings. The maximum Gasteiger partial charge on any atom is 0.333 e. The van der Waals surface area contributed by atoms with Crippen LogP contribution in [0.5, 0.6) is 11.5 Å². The van der Waals surface area contributed by atoms with Crippen LogP contribution in [0, 0.1) is 16.9 Å². The molecule has 15 heteroatoms. The number of halogens is 3. The molecular weight excluding hydrogens is 742 g/mol. The van der Waals surface area contributed by atoms with E-state index in [-0.39, 0.29) is 28.1 Å². The summed E-state index contributed by atoms with van der Waals surface area (Å²) in [6, 6.07) is 16.0. The van der Waals surface area contributed by atoms with Crippen molar-refractivity contribution in [1.29, 1.82) is 0 Å². The number of pyridine rings is 1. The highest BCUT2D eigenvalue weighted by Gasteiger charge is 2.38. The van der Waals surface area contributed by atoms with Gasteiger partial charge in [0.1, 0.15) is 34.6 Å². The molecular formula is C39H39Cl2FN4O8. The van der Waals surface area contributed by atoms with Crippen molar-refractivity contribution in [2.75, 3.05) is 45.7 Å². The summed E-state index contributed by atoms with van der Waals surface area (Å²) in [5.41, 5.74) is 2.00. The summed E-state index contributed by atoms with van der Waals surface area (Å²) in [6.45, 7) is 2.16. The summed E-state index contributed by atoms with van der Waals surface area (Å²) in [7, 11) is 2.96. The van der Waals surface area contributed by atoms with Crippen LogP contribution in [-0.4, -0.2) is 69.2 Å². The second-order valence-corrected chi connectivity index (χ2v) is 13.9. The molecule has 3 atom stereocenters. The van der Waals surface area contributed by atoms with Gasteiger partial charge in [-0.1, -0.05) is 47.5 Å². The molecule has 7 rings (SSSR count). The molecule has 3 aliphatic heterocycles. The van der Waals surface area contributed by atoms with E-state index in [0.717, 1.165) is 38.3 Å². The molecule has 0 spiro atoms. The monoisotopic (exact) mass is 780 g/mol. The molecule has 3 saturated heterocycles. The van der Waals surface area contributed by atoms with E-state index in [0.29, 0.717) is 51.1 Å². The number of esters is 2. The van der Waals surface area contributed by atoms with Crippen molar-refractivity contribution in [3.05, 3.63) is 122 Å². The average Bonchev–Trinajstić information content (AvgIpc) is 3.17. The normalized spacial score (nSPS) is 18.6. The zero-order valence-electron chi connectivity index (χ0n) is 29.6. The van der Waals surface area contributed by atoms with Gasteiger partial charge >= 0.3 is 11.9 Å². The van der Waals surface area contributed by atoms with Gasteiger partial charge in [-0.15, -0.1) is 0 Å². The number of amides is 1. The van der Waals surface area contributed by atoms with Crippen molar-refractivity contribution in [3.8, 4) is 11.5 Å². The number of anilines is 1. The first-order valence-corrected chi connectivity index (χ1v) is 18.1. The molecule has 284 valence electrons. The number of carbonyl (C=O) groups is 3. The van der Waals surface area contributed by atoms with Crippen molar-refractivity contribution in [3.63, 3.8) is 0 Å². The molecule has 3 aliphatic rings. The predicted octanol–water partition coefficient (Wildman–Crippen LogP) is 5.83. The fourth-order valence-corrected chi connectivity index (χ4v) is 7.36. The topological polar surface area (TPSA) is 142 Å². The molecule has 0 radical (unpaired) electrons. The SMILES string of the molecule is COc1ccc(C(Cc2c(Cl)c[n+]([O-])cc2Cl)OC(=O)CNC(=O)c2cccc(NC(C(=O)O[C@H]3CN4CCC3CC4)c3ccc(F)cc3)c2)cc1OC. The molecule has 2 bridgehead atoms.